The molecule has 0 aliphatic rings. The predicted molar refractivity (Wildman–Crippen MR) is 236 cm³/mol. The van der Waals surface area contributed by atoms with Crippen LogP contribution in [0.1, 0.15) is 0 Å². The first-order valence-electron chi connectivity index (χ1n) is 18.8. The fraction of sp³-hybridized carbons (Fsp3) is 0. The van der Waals surface area contributed by atoms with Crippen LogP contribution in [0.4, 0.5) is 17.1 Å². The minimum absolute atomic E-state index is 0.327. The number of anilines is 3. The van der Waals surface area contributed by atoms with Crippen molar-refractivity contribution in [3.8, 4) is 27.9 Å². The van der Waals surface area contributed by atoms with Crippen LogP contribution in [0.25, 0.3) is 79.8 Å². The molecule has 0 spiro atoms. The third-order valence-corrected chi connectivity index (χ3v) is 13.4. The first kappa shape index (κ1) is 31.8. The average Bonchev–Trinajstić information content (AvgIpc) is 3.79. The summed E-state index contributed by atoms with van der Waals surface area (Å²) in [5.41, 5.74) is 11.8. The van der Waals surface area contributed by atoms with Crippen LogP contribution in [0.2, 0.25) is 0 Å². The molecule has 3 heteroatoms. The van der Waals surface area contributed by atoms with Crippen LogP contribution in [0, 0.1) is 0 Å². The molecule has 0 atom stereocenters. The van der Waals surface area contributed by atoms with Crippen molar-refractivity contribution in [1.29, 1.82) is 0 Å². The first-order chi connectivity index (χ1) is 27.3. The van der Waals surface area contributed by atoms with Crippen molar-refractivity contribution in [3.05, 3.63) is 206 Å². The molecule has 0 saturated carbocycles. The molecular weight excluding hydrogens is 732 g/mol. The SMILES string of the molecule is c1ccc(-n2c3ccccc3c3cc(N(c4ccc(-c5ccc6c(c5)[se]c5ccccc56)cc4)c4ccccc4-c4ccc5ccccc5c4)ccc32)cc1. The van der Waals surface area contributed by atoms with Crippen LogP contribution in [-0.2, 0) is 0 Å². The Bertz CT molecular complexity index is 3210. The van der Waals surface area contributed by atoms with Gasteiger partial charge in [0.25, 0.3) is 0 Å². The molecule has 55 heavy (non-hydrogen) atoms. The molecule has 2 nitrogen and oxygen atoms in total. The zero-order valence-electron chi connectivity index (χ0n) is 29.9. The van der Waals surface area contributed by atoms with Gasteiger partial charge in [0.1, 0.15) is 0 Å². The Morgan fingerprint density at radius 2 is 1.02 bits per heavy atom. The zero-order chi connectivity index (χ0) is 36.3. The molecule has 0 amide bonds. The second-order valence-electron chi connectivity index (χ2n) is 14.2. The van der Waals surface area contributed by atoms with Crippen LogP contribution in [-0.4, -0.2) is 19.1 Å². The van der Waals surface area contributed by atoms with Crippen LogP contribution < -0.4 is 4.90 Å². The zero-order valence-corrected chi connectivity index (χ0v) is 31.6. The minimum atomic E-state index is 0.327. The molecule has 258 valence electrons. The number of aromatic nitrogens is 1. The molecule has 2 heterocycles. The number of hydrogen-bond acceptors (Lipinski definition) is 1. The van der Waals surface area contributed by atoms with Gasteiger partial charge in [0.2, 0.25) is 0 Å². The standard InChI is InChI=1S/C52H34N2Se/c1-2-14-40(15-3-1)54-49-20-10-7-17-44(49)47-34-42(29-31-50(47)54)53(48-19-9-6-16-43(48)39-23-22-35-12-4-5-13-37(35)32-39)41-27-24-36(25-28-41)38-26-30-46-45-18-8-11-21-51(45)55-52(46)33-38/h1-34H. The first-order valence-corrected chi connectivity index (χ1v) is 20.5. The molecule has 11 aromatic rings. The van der Waals surface area contributed by atoms with E-state index in [0.29, 0.717) is 14.5 Å². The van der Waals surface area contributed by atoms with Gasteiger partial charge in [0.15, 0.2) is 0 Å². The van der Waals surface area contributed by atoms with Crippen molar-refractivity contribution in [1.82, 2.24) is 4.57 Å². The Morgan fingerprint density at radius 3 is 1.91 bits per heavy atom. The molecular formula is C52H34N2Se. The molecule has 11 rings (SSSR count). The molecule has 0 bridgehead atoms. The second-order valence-corrected chi connectivity index (χ2v) is 16.4. The molecule has 0 N–H and O–H groups in total. The van der Waals surface area contributed by atoms with Gasteiger partial charge >= 0.3 is 216 Å². The number of rotatable bonds is 6. The third-order valence-electron chi connectivity index (χ3n) is 11.0. The van der Waals surface area contributed by atoms with Gasteiger partial charge in [-0.1, -0.05) is 66.7 Å². The minimum Gasteiger partial charge on any atom is -0.0602 e. The van der Waals surface area contributed by atoms with E-state index in [9.17, 15) is 0 Å². The number of hydrogen-bond donors (Lipinski definition) is 0. The Kier molecular flexibility index (Phi) is 7.55. The van der Waals surface area contributed by atoms with E-state index in [1.54, 1.807) is 0 Å². The van der Waals surface area contributed by atoms with Gasteiger partial charge in [-0.05, 0) is 29.0 Å². The third kappa shape index (κ3) is 5.40. The molecule has 0 aliphatic carbocycles. The summed E-state index contributed by atoms with van der Waals surface area (Å²) in [7, 11) is 0. The molecule has 0 unspecified atom stereocenters. The fourth-order valence-corrected chi connectivity index (χ4v) is 10.8. The molecule has 0 saturated heterocycles. The maximum absolute atomic E-state index is 2.44. The molecule has 2 aromatic heterocycles. The quantitative estimate of drug-likeness (QED) is 0.153. The van der Waals surface area contributed by atoms with Crippen LogP contribution >= 0.6 is 0 Å². The summed E-state index contributed by atoms with van der Waals surface area (Å²) in [4.78, 5) is 2.44. The van der Waals surface area contributed by atoms with E-state index in [-0.39, 0.29) is 0 Å². The Hall–Kier alpha value is -6.64. The van der Waals surface area contributed by atoms with E-state index < -0.39 is 0 Å². The monoisotopic (exact) mass is 766 g/mol. The van der Waals surface area contributed by atoms with Gasteiger partial charge in [-0.25, -0.2) is 0 Å². The Labute approximate surface area is 325 Å². The Morgan fingerprint density at radius 1 is 0.364 bits per heavy atom. The molecule has 9 aromatic carbocycles. The summed E-state index contributed by atoms with van der Waals surface area (Å²) in [6, 6.07) is 75.7. The van der Waals surface area contributed by atoms with Gasteiger partial charge in [0, 0.05) is 5.69 Å². The van der Waals surface area contributed by atoms with Crippen LogP contribution in [0.3, 0.4) is 0 Å². The van der Waals surface area contributed by atoms with Crippen molar-refractivity contribution >= 4 is 83.4 Å². The number of fused-ring (bicyclic) bond motifs is 7. The van der Waals surface area contributed by atoms with Crippen LogP contribution in [0.5, 0.6) is 0 Å². The Balaban J connectivity index is 1.09. The van der Waals surface area contributed by atoms with Gasteiger partial charge in [0.05, 0.1) is 5.52 Å². The van der Waals surface area contributed by atoms with Crippen molar-refractivity contribution in [2.24, 2.45) is 0 Å². The normalized spacial score (nSPS) is 11.6. The predicted octanol–water partition coefficient (Wildman–Crippen LogP) is 14.1. The van der Waals surface area contributed by atoms with Crippen molar-refractivity contribution in [2.45, 2.75) is 0 Å². The molecule has 0 fully saturated rings. The van der Waals surface area contributed by atoms with Crippen molar-refractivity contribution in [3.63, 3.8) is 0 Å². The van der Waals surface area contributed by atoms with E-state index in [4.69, 9.17) is 0 Å². The number of benzene rings is 9. The number of para-hydroxylation sites is 3. The van der Waals surface area contributed by atoms with E-state index in [1.807, 2.05) is 0 Å². The van der Waals surface area contributed by atoms with Crippen molar-refractivity contribution in [2.75, 3.05) is 4.90 Å². The smallest absolute Gasteiger partial charge is 0.0602 e. The topological polar surface area (TPSA) is 8.17 Å². The van der Waals surface area contributed by atoms with E-state index in [2.05, 4.69) is 216 Å². The van der Waals surface area contributed by atoms with Gasteiger partial charge < -0.3 is 4.57 Å². The molecule has 0 aliphatic heterocycles. The van der Waals surface area contributed by atoms with Gasteiger partial charge in [-0.2, -0.15) is 0 Å². The van der Waals surface area contributed by atoms with E-state index in [1.165, 1.54) is 74.1 Å². The number of nitrogens with zero attached hydrogens (tertiary/aromatic N) is 2. The summed E-state index contributed by atoms with van der Waals surface area (Å²) in [6.07, 6.45) is 0. The summed E-state index contributed by atoms with van der Waals surface area (Å²) >= 11 is 0.327. The average molecular weight is 766 g/mol. The maximum atomic E-state index is 2.44. The van der Waals surface area contributed by atoms with Crippen LogP contribution in [0.15, 0.2) is 206 Å². The summed E-state index contributed by atoms with van der Waals surface area (Å²) < 4.78 is 5.32. The van der Waals surface area contributed by atoms with E-state index >= 15 is 0 Å². The summed E-state index contributed by atoms with van der Waals surface area (Å²) in [5.74, 6) is 0. The summed E-state index contributed by atoms with van der Waals surface area (Å²) in [6.45, 7) is 0. The van der Waals surface area contributed by atoms with E-state index in [0.717, 1.165) is 22.7 Å². The van der Waals surface area contributed by atoms with Crippen molar-refractivity contribution < 1.29 is 0 Å². The molecule has 0 radical (unpaired) electrons. The fourth-order valence-electron chi connectivity index (χ4n) is 8.36. The second kappa shape index (κ2) is 13.0. The van der Waals surface area contributed by atoms with Gasteiger partial charge in [-0.15, -0.1) is 0 Å². The summed E-state index contributed by atoms with van der Waals surface area (Å²) in [5, 5.41) is 7.72. The van der Waals surface area contributed by atoms with Gasteiger partial charge in [-0.3, -0.25) is 0 Å².